The number of nitrogens with zero attached hydrogens (tertiary/aromatic N) is 2. The molecule has 0 radical (unpaired) electrons. The maximum absolute atomic E-state index is 12.6. The zero-order valence-electron chi connectivity index (χ0n) is 13.3. The third kappa shape index (κ3) is 5.02. The summed E-state index contributed by atoms with van der Waals surface area (Å²) in [6.45, 7) is 2.96. The first-order valence-electron chi connectivity index (χ1n) is 7.31. The topological polar surface area (TPSA) is 89.5 Å². The van der Waals surface area contributed by atoms with Crippen molar-refractivity contribution < 1.29 is 9.72 Å². The van der Waals surface area contributed by atoms with Crippen LogP contribution in [0.4, 0.5) is 5.69 Å². The molecule has 2 N–H and O–H groups in total. The number of hydrogen-bond donors (Lipinski definition) is 1. The van der Waals surface area contributed by atoms with E-state index in [9.17, 15) is 14.9 Å². The van der Waals surface area contributed by atoms with Gasteiger partial charge < -0.3 is 10.6 Å². The standard InChI is InChI=1S/C16H19N3O3S.ClH/c1-12-14(19(21)22)11-15(23-12)16(20)18(10-8-17)9-7-13-5-3-2-4-6-13;/h2-6,11H,7-10,17H2,1H3;1H. The minimum absolute atomic E-state index is 0. The second-order valence-corrected chi connectivity index (χ2v) is 6.38. The molecule has 0 unspecified atom stereocenters. The van der Waals surface area contributed by atoms with Gasteiger partial charge in [0.1, 0.15) is 0 Å². The number of thiophene rings is 1. The van der Waals surface area contributed by atoms with E-state index in [1.54, 1.807) is 11.8 Å². The predicted octanol–water partition coefficient (Wildman–Crippen LogP) is 3.03. The summed E-state index contributed by atoms with van der Waals surface area (Å²) in [5.41, 5.74) is 6.73. The van der Waals surface area contributed by atoms with Crippen molar-refractivity contribution in [2.24, 2.45) is 5.73 Å². The van der Waals surface area contributed by atoms with Gasteiger partial charge in [0.2, 0.25) is 0 Å². The molecule has 8 heteroatoms. The van der Waals surface area contributed by atoms with Crippen LogP contribution in [0.2, 0.25) is 0 Å². The van der Waals surface area contributed by atoms with E-state index in [2.05, 4.69) is 0 Å². The van der Waals surface area contributed by atoms with Gasteiger partial charge in [-0.15, -0.1) is 23.7 Å². The van der Waals surface area contributed by atoms with Gasteiger partial charge in [0.15, 0.2) is 0 Å². The van der Waals surface area contributed by atoms with Crippen molar-refractivity contribution in [3.63, 3.8) is 0 Å². The van der Waals surface area contributed by atoms with Gasteiger partial charge in [0, 0.05) is 25.7 Å². The lowest BCUT2D eigenvalue weighted by Crippen LogP contribution is -2.36. The molecule has 24 heavy (non-hydrogen) atoms. The minimum atomic E-state index is -0.458. The van der Waals surface area contributed by atoms with Gasteiger partial charge in [0.05, 0.1) is 14.7 Å². The number of carbonyl (C=O) groups is 1. The molecule has 0 aliphatic carbocycles. The largest absolute Gasteiger partial charge is 0.336 e. The molecule has 1 amide bonds. The van der Waals surface area contributed by atoms with Gasteiger partial charge in [-0.3, -0.25) is 14.9 Å². The second kappa shape index (κ2) is 9.36. The summed E-state index contributed by atoms with van der Waals surface area (Å²) in [5, 5.41) is 10.9. The molecule has 1 heterocycles. The van der Waals surface area contributed by atoms with E-state index in [0.717, 1.165) is 23.3 Å². The molecular formula is C16H20ClN3O3S. The number of aryl methyl sites for hydroxylation is 1. The van der Waals surface area contributed by atoms with Gasteiger partial charge in [-0.05, 0) is 18.9 Å². The Morgan fingerprint density at radius 3 is 2.50 bits per heavy atom. The molecule has 0 saturated carbocycles. The van der Waals surface area contributed by atoms with E-state index < -0.39 is 4.92 Å². The zero-order chi connectivity index (χ0) is 16.8. The predicted molar refractivity (Wildman–Crippen MR) is 98.1 cm³/mol. The van der Waals surface area contributed by atoms with Crippen molar-refractivity contribution in [1.29, 1.82) is 0 Å². The normalized spacial score (nSPS) is 10.1. The molecule has 0 bridgehead atoms. The van der Waals surface area contributed by atoms with Crippen molar-refractivity contribution in [2.75, 3.05) is 19.6 Å². The van der Waals surface area contributed by atoms with E-state index in [4.69, 9.17) is 5.73 Å². The van der Waals surface area contributed by atoms with Gasteiger partial charge in [-0.1, -0.05) is 30.3 Å². The molecule has 0 fully saturated rings. The van der Waals surface area contributed by atoms with Crippen molar-refractivity contribution in [1.82, 2.24) is 4.90 Å². The molecule has 1 aromatic carbocycles. The van der Waals surface area contributed by atoms with Gasteiger partial charge in [-0.25, -0.2) is 0 Å². The molecule has 130 valence electrons. The SMILES string of the molecule is Cc1sc(C(=O)N(CCN)CCc2ccccc2)cc1[N+](=O)[O-].Cl. The summed E-state index contributed by atoms with van der Waals surface area (Å²) in [7, 11) is 0. The number of carbonyl (C=O) groups excluding carboxylic acids is 1. The first-order chi connectivity index (χ1) is 11.0. The fraction of sp³-hybridized carbons (Fsp3) is 0.312. The molecule has 6 nitrogen and oxygen atoms in total. The van der Waals surface area contributed by atoms with Gasteiger partial charge in [0.25, 0.3) is 11.6 Å². The highest BCUT2D eigenvalue weighted by molar-refractivity contribution is 7.14. The van der Waals surface area contributed by atoms with Crippen LogP contribution in [-0.4, -0.2) is 35.4 Å². The molecule has 2 aromatic rings. The van der Waals surface area contributed by atoms with Crippen LogP contribution < -0.4 is 5.73 Å². The fourth-order valence-electron chi connectivity index (χ4n) is 2.29. The molecule has 0 aliphatic rings. The maximum Gasteiger partial charge on any atom is 0.283 e. The first-order valence-corrected chi connectivity index (χ1v) is 8.12. The van der Waals surface area contributed by atoms with Crippen LogP contribution in [0.5, 0.6) is 0 Å². The molecule has 0 spiro atoms. The quantitative estimate of drug-likeness (QED) is 0.600. The van der Waals surface area contributed by atoms with Crippen LogP contribution in [0.1, 0.15) is 20.1 Å². The van der Waals surface area contributed by atoms with Gasteiger partial charge in [-0.2, -0.15) is 0 Å². The molecule has 0 saturated heterocycles. The van der Waals surface area contributed by atoms with Crippen LogP contribution >= 0.6 is 23.7 Å². The highest BCUT2D eigenvalue weighted by Gasteiger charge is 2.23. The number of hydrogen-bond acceptors (Lipinski definition) is 5. The average Bonchev–Trinajstić information content (AvgIpc) is 2.94. The number of halogens is 1. The Bertz CT molecular complexity index is 691. The third-order valence-corrected chi connectivity index (χ3v) is 4.53. The number of nitrogens with two attached hydrogens (primary N) is 1. The van der Waals surface area contributed by atoms with Crippen LogP contribution in [0.15, 0.2) is 36.4 Å². The van der Waals surface area contributed by atoms with E-state index in [0.29, 0.717) is 29.4 Å². The minimum Gasteiger partial charge on any atom is -0.336 e. The summed E-state index contributed by atoms with van der Waals surface area (Å²) in [6.07, 6.45) is 0.721. The molecule has 2 rings (SSSR count). The number of amides is 1. The van der Waals surface area contributed by atoms with Crippen LogP contribution in [0.25, 0.3) is 0 Å². The Labute approximate surface area is 150 Å². The Balaban J connectivity index is 0.00000288. The smallest absolute Gasteiger partial charge is 0.283 e. The average molecular weight is 370 g/mol. The summed E-state index contributed by atoms with van der Waals surface area (Å²) >= 11 is 1.15. The lowest BCUT2D eigenvalue weighted by molar-refractivity contribution is -0.385. The van der Waals surface area contributed by atoms with E-state index in [-0.39, 0.29) is 24.0 Å². The van der Waals surface area contributed by atoms with E-state index in [1.807, 2.05) is 30.3 Å². The summed E-state index contributed by atoms with van der Waals surface area (Å²) in [5.74, 6) is -0.201. The monoisotopic (exact) mass is 369 g/mol. The molecular weight excluding hydrogens is 350 g/mol. The Morgan fingerprint density at radius 1 is 1.29 bits per heavy atom. The lowest BCUT2D eigenvalue weighted by Gasteiger charge is -2.21. The highest BCUT2D eigenvalue weighted by atomic mass is 35.5. The summed E-state index contributed by atoms with van der Waals surface area (Å²) in [4.78, 5) is 25.7. The summed E-state index contributed by atoms with van der Waals surface area (Å²) < 4.78 is 0. The second-order valence-electron chi connectivity index (χ2n) is 5.13. The molecule has 0 atom stereocenters. The van der Waals surface area contributed by atoms with Gasteiger partial charge >= 0.3 is 0 Å². The fourth-order valence-corrected chi connectivity index (χ4v) is 3.25. The van der Waals surface area contributed by atoms with Crippen LogP contribution in [0.3, 0.4) is 0 Å². The van der Waals surface area contributed by atoms with Crippen LogP contribution in [0, 0.1) is 17.0 Å². The Morgan fingerprint density at radius 2 is 1.96 bits per heavy atom. The number of nitro groups is 1. The van der Waals surface area contributed by atoms with E-state index in [1.165, 1.54) is 6.07 Å². The Hall–Kier alpha value is -1.96. The highest BCUT2D eigenvalue weighted by Crippen LogP contribution is 2.28. The maximum atomic E-state index is 12.6. The third-order valence-electron chi connectivity index (χ3n) is 3.50. The number of rotatable bonds is 7. The van der Waals surface area contributed by atoms with Crippen molar-refractivity contribution in [2.45, 2.75) is 13.3 Å². The van der Waals surface area contributed by atoms with Crippen LogP contribution in [-0.2, 0) is 6.42 Å². The number of benzene rings is 1. The molecule has 0 aliphatic heterocycles. The van der Waals surface area contributed by atoms with E-state index >= 15 is 0 Å². The van der Waals surface area contributed by atoms with Crippen molar-refractivity contribution in [3.8, 4) is 0 Å². The van der Waals surface area contributed by atoms with Crippen molar-refractivity contribution in [3.05, 3.63) is 61.8 Å². The Kier molecular flexibility index (Phi) is 7.84. The zero-order valence-corrected chi connectivity index (χ0v) is 14.9. The molecule has 1 aromatic heterocycles. The first kappa shape index (κ1) is 20.1. The summed E-state index contributed by atoms with van der Waals surface area (Å²) in [6, 6.07) is 11.2. The van der Waals surface area contributed by atoms with Crippen molar-refractivity contribution >= 4 is 35.3 Å². The lowest BCUT2D eigenvalue weighted by atomic mass is 10.1.